The van der Waals surface area contributed by atoms with E-state index < -0.39 is 11.6 Å². The maximum atomic E-state index is 12.4. The first kappa shape index (κ1) is 15.4. The zero-order valence-corrected chi connectivity index (χ0v) is 12.5. The summed E-state index contributed by atoms with van der Waals surface area (Å²) < 4.78 is 5.09. The Morgan fingerprint density at radius 1 is 1.05 bits per heavy atom. The van der Waals surface area contributed by atoms with Crippen molar-refractivity contribution in [2.45, 2.75) is 52.6 Å². The molecule has 0 saturated carbocycles. The fraction of sp³-hybridized carbons (Fsp3) is 0.500. The Balaban J connectivity index is 3.10. The molecule has 1 aromatic carbocycles. The van der Waals surface area contributed by atoms with E-state index in [9.17, 15) is 9.59 Å². The molecule has 0 aliphatic carbocycles. The highest BCUT2D eigenvalue weighted by Gasteiger charge is 2.32. The van der Waals surface area contributed by atoms with Gasteiger partial charge in [-0.2, -0.15) is 0 Å². The zero-order chi connectivity index (χ0) is 14.8. The number of hydrogen-bond acceptors (Lipinski definition) is 3. The Morgan fingerprint density at radius 2 is 1.63 bits per heavy atom. The highest BCUT2D eigenvalue weighted by atomic mass is 16.6. The van der Waals surface area contributed by atoms with Crippen molar-refractivity contribution < 1.29 is 14.3 Å². The maximum Gasteiger partial charge on any atom is 0.303 e. The smallest absolute Gasteiger partial charge is 0.303 e. The summed E-state index contributed by atoms with van der Waals surface area (Å²) in [5.74, 6) is -0.640. The number of rotatable bonds is 3. The molecule has 0 heterocycles. The van der Waals surface area contributed by atoms with Crippen LogP contribution in [-0.2, 0) is 14.9 Å². The molecule has 0 bridgehead atoms. The maximum absolute atomic E-state index is 12.4. The van der Waals surface area contributed by atoms with Crippen LogP contribution in [0.15, 0.2) is 24.3 Å². The van der Waals surface area contributed by atoms with Gasteiger partial charge in [0.1, 0.15) is 0 Å². The van der Waals surface area contributed by atoms with E-state index in [2.05, 4.69) is 20.8 Å². The second-order valence-corrected chi connectivity index (χ2v) is 6.26. The first-order valence-electron chi connectivity index (χ1n) is 6.39. The molecule has 3 nitrogen and oxygen atoms in total. The highest BCUT2D eigenvalue weighted by Crippen LogP contribution is 2.25. The Hall–Kier alpha value is -1.64. The molecule has 19 heavy (non-hydrogen) atoms. The quantitative estimate of drug-likeness (QED) is 0.618. The lowest BCUT2D eigenvalue weighted by atomic mass is 9.84. The molecule has 0 aliphatic heterocycles. The van der Waals surface area contributed by atoms with Crippen LogP contribution in [0.2, 0.25) is 0 Å². The van der Waals surface area contributed by atoms with Crippen molar-refractivity contribution in [3.05, 3.63) is 35.4 Å². The second kappa shape index (κ2) is 5.16. The topological polar surface area (TPSA) is 43.4 Å². The first-order valence-corrected chi connectivity index (χ1v) is 6.39. The van der Waals surface area contributed by atoms with E-state index in [-0.39, 0.29) is 11.2 Å². The Bertz CT molecular complexity index is 493. The number of ketones is 1. The number of Topliss-reactive ketones (excluding diaryl/α,β-unsaturated/α-hetero) is 1. The third-order valence-electron chi connectivity index (χ3n) is 2.94. The van der Waals surface area contributed by atoms with Crippen molar-refractivity contribution in [1.29, 1.82) is 0 Å². The Kier molecular flexibility index (Phi) is 4.18. The standard InChI is InChI=1S/C16H22O3/c1-11(17)19-16(5,6)14(18)12-8-7-9-13(10-12)15(2,3)4/h7-10H,1-6H3. The fourth-order valence-electron chi connectivity index (χ4n) is 1.88. The lowest BCUT2D eigenvalue weighted by Gasteiger charge is -2.24. The van der Waals surface area contributed by atoms with E-state index in [1.54, 1.807) is 19.9 Å². The molecule has 104 valence electrons. The molecular weight excluding hydrogens is 240 g/mol. The van der Waals surface area contributed by atoms with Gasteiger partial charge in [-0.05, 0) is 30.9 Å². The molecular formula is C16H22O3. The molecule has 0 amide bonds. The van der Waals surface area contributed by atoms with E-state index in [0.29, 0.717) is 5.56 Å². The summed E-state index contributed by atoms with van der Waals surface area (Å²) >= 11 is 0. The van der Waals surface area contributed by atoms with Crippen molar-refractivity contribution in [3.63, 3.8) is 0 Å². The van der Waals surface area contributed by atoms with Crippen LogP contribution in [0.5, 0.6) is 0 Å². The minimum Gasteiger partial charge on any atom is -0.451 e. The normalized spacial score (nSPS) is 12.1. The summed E-state index contributed by atoms with van der Waals surface area (Å²) in [6, 6.07) is 7.48. The third kappa shape index (κ3) is 3.91. The number of hydrogen-bond donors (Lipinski definition) is 0. The van der Waals surface area contributed by atoms with Crippen LogP contribution in [0.1, 0.15) is 57.5 Å². The lowest BCUT2D eigenvalue weighted by Crippen LogP contribution is -2.36. The molecule has 0 saturated heterocycles. The van der Waals surface area contributed by atoms with Crippen LogP contribution in [0.4, 0.5) is 0 Å². The minimum atomic E-state index is -1.14. The molecule has 3 heteroatoms. The van der Waals surface area contributed by atoms with Gasteiger partial charge in [-0.1, -0.05) is 39.0 Å². The van der Waals surface area contributed by atoms with Crippen LogP contribution in [0, 0.1) is 0 Å². The predicted octanol–water partition coefficient (Wildman–Crippen LogP) is 3.51. The number of carbonyl (C=O) groups excluding carboxylic acids is 2. The summed E-state index contributed by atoms with van der Waals surface area (Å²) in [4.78, 5) is 23.5. The van der Waals surface area contributed by atoms with Gasteiger partial charge in [-0.3, -0.25) is 9.59 Å². The van der Waals surface area contributed by atoms with Gasteiger partial charge in [0.2, 0.25) is 5.78 Å². The fourth-order valence-corrected chi connectivity index (χ4v) is 1.88. The third-order valence-corrected chi connectivity index (χ3v) is 2.94. The van der Waals surface area contributed by atoms with Gasteiger partial charge in [0.15, 0.2) is 5.60 Å². The van der Waals surface area contributed by atoms with E-state index in [1.165, 1.54) is 6.92 Å². The van der Waals surface area contributed by atoms with E-state index in [4.69, 9.17) is 4.74 Å². The van der Waals surface area contributed by atoms with Crippen LogP contribution in [-0.4, -0.2) is 17.4 Å². The van der Waals surface area contributed by atoms with Crippen molar-refractivity contribution in [2.24, 2.45) is 0 Å². The van der Waals surface area contributed by atoms with Crippen molar-refractivity contribution in [2.75, 3.05) is 0 Å². The largest absolute Gasteiger partial charge is 0.451 e. The van der Waals surface area contributed by atoms with Crippen LogP contribution in [0.3, 0.4) is 0 Å². The van der Waals surface area contributed by atoms with Gasteiger partial charge in [-0.25, -0.2) is 0 Å². The van der Waals surface area contributed by atoms with Gasteiger partial charge < -0.3 is 4.74 Å². The molecule has 0 unspecified atom stereocenters. The van der Waals surface area contributed by atoms with Gasteiger partial charge >= 0.3 is 5.97 Å². The number of benzene rings is 1. The highest BCUT2D eigenvalue weighted by molar-refractivity contribution is 6.03. The lowest BCUT2D eigenvalue weighted by molar-refractivity contribution is -0.149. The molecule has 0 spiro atoms. The predicted molar refractivity (Wildman–Crippen MR) is 75.3 cm³/mol. The molecule has 0 aromatic heterocycles. The molecule has 0 N–H and O–H groups in total. The second-order valence-electron chi connectivity index (χ2n) is 6.26. The number of esters is 1. The van der Waals surface area contributed by atoms with Gasteiger partial charge in [0.05, 0.1) is 0 Å². The zero-order valence-electron chi connectivity index (χ0n) is 12.5. The van der Waals surface area contributed by atoms with Crippen molar-refractivity contribution in [1.82, 2.24) is 0 Å². The number of ether oxygens (including phenoxy) is 1. The Labute approximate surface area is 115 Å². The average Bonchev–Trinajstić information content (AvgIpc) is 2.25. The molecule has 1 rings (SSSR count). The summed E-state index contributed by atoms with van der Waals surface area (Å²) in [5.41, 5.74) is 0.486. The van der Waals surface area contributed by atoms with E-state index >= 15 is 0 Å². The van der Waals surface area contributed by atoms with E-state index in [0.717, 1.165) is 5.56 Å². The first-order chi connectivity index (χ1) is 8.54. The minimum absolute atomic E-state index is 0.0259. The van der Waals surface area contributed by atoms with Gasteiger partial charge in [0.25, 0.3) is 0 Å². The van der Waals surface area contributed by atoms with Crippen molar-refractivity contribution >= 4 is 11.8 Å². The van der Waals surface area contributed by atoms with Crippen LogP contribution < -0.4 is 0 Å². The average molecular weight is 262 g/mol. The van der Waals surface area contributed by atoms with Gasteiger partial charge in [0, 0.05) is 12.5 Å². The summed E-state index contributed by atoms with van der Waals surface area (Å²) in [6.45, 7) is 10.8. The Morgan fingerprint density at radius 3 is 2.11 bits per heavy atom. The van der Waals surface area contributed by atoms with Crippen molar-refractivity contribution in [3.8, 4) is 0 Å². The van der Waals surface area contributed by atoms with Gasteiger partial charge in [-0.15, -0.1) is 0 Å². The SMILES string of the molecule is CC(=O)OC(C)(C)C(=O)c1cccc(C(C)(C)C)c1. The summed E-state index contributed by atoms with van der Waals surface area (Å²) in [6.07, 6.45) is 0. The van der Waals surface area contributed by atoms with E-state index in [1.807, 2.05) is 18.2 Å². The summed E-state index contributed by atoms with van der Waals surface area (Å²) in [7, 11) is 0. The molecule has 0 aliphatic rings. The molecule has 1 aromatic rings. The summed E-state index contributed by atoms with van der Waals surface area (Å²) in [5, 5.41) is 0. The molecule has 0 atom stereocenters. The van der Waals surface area contributed by atoms with Crippen LogP contribution in [0.25, 0.3) is 0 Å². The number of carbonyl (C=O) groups is 2. The molecule has 0 fully saturated rings. The monoisotopic (exact) mass is 262 g/mol. The van der Waals surface area contributed by atoms with Crippen LogP contribution >= 0.6 is 0 Å². The molecule has 0 radical (unpaired) electrons.